The van der Waals surface area contributed by atoms with Crippen LogP contribution >= 0.6 is 34.7 Å². The Hall–Kier alpha value is -2.16. The first-order valence-corrected chi connectivity index (χ1v) is 9.24. The van der Waals surface area contributed by atoms with Crippen molar-refractivity contribution in [3.05, 3.63) is 50.8 Å². The molecule has 0 unspecified atom stereocenters. The molecule has 0 spiro atoms. The van der Waals surface area contributed by atoms with E-state index >= 15 is 0 Å². The molecular formula is C16H13ClN4O2S2. The molecule has 1 aliphatic heterocycles. The standard InChI is InChI=1S/C16H13ClN4O2S2/c1-9(22)20-15-19-8-12(24-15)6-13-14(23)21-16(25-13)18-7-10-3-2-4-11(17)5-10/h2-6,8H,7H2,1H3,(H,18,21,23)(H,19,20,22). The predicted molar refractivity (Wildman–Crippen MR) is 103 cm³/mol. The van der Waals surface area contributed by atoms with E-state index in [1.54, 1.807) is 18.3 Å². The number of rotatable bonds is 4. The van der Waals surface area contributed by atoms with Crippen molar-refractivity contribution in [2.75, 3.05) is 5.32 Å². The molecule has 1 aromatic carbocycles. The van der Waals surface area contributed by atoms with Gasteiger partial charge in [-0.2, -0.15) is 0 Å². The minimum Gasteiger partial charge on any atom is -0.302 e. The zero-order valence-corrected chi connectivity index (χ0v) is 15.5. The first-order chi connectivity index (χ1) is 12.0. The Bertz CT molecular complexity index is 892. The highest BCUT2D eigenvalue weighted by atomic mass is 35.5. The van der Waals surface area contributed by atoms with Crippen LogP contribution in [0.25, 0.3) is 6.08 Å². The molecule has 6 nitrogen and oxygen atoms in total. The monoisotopic (exact) mass is 392 g/mol. The fourth-order valence-corrected chi connectivity index (χ4v) is 3.89. The molecule has 0 radical (unpaired) electrons. The number of halogens is 1. The van der Waals surface area contributed by atoms with E-state index in [4.69, 9.17) is 11.6 Å². The second-order valence-electron chi connectivity index (χ2n) is 5.07. The number of hydrogen-bond acceptors (Lipinski definition) is 6. The summed E-state index contributed by atoms with van der Waals surface area (Å²) in [6.07, 6.45) is 3.34. The van der Waals surface area contributed by atoms with Gasteiger partial charge in [-0.15, -0.1) is 0 Å². The number of anilines is 1. The first-order valence-electron chi connectivity index (χ1n) is 7.23. The van der Waals surface area contributed by atoms with Gasteiger partial charge in [-0.3, -0.25) is 14.6 Å². The highest BCUT2D eigenvalue weighted by Gasteiger charge is 2.23. The quantitative estimate of drug-likeness (QED) is 0.780. The lowest BCUT2D eigenvalue weighted by Crippen LogP contribution is -2.19. The van der Waals surface area contributed by atoms with E-state index in [9.17, 15) is 9.59 Å². The van der Waals surface area contributed by atoms with Crippen molar-refractivity contribution in [3.63, 3.8) is 0 Å². The Labute approximate surface area is 157 Å². The minimum absolute atomic E-state index is 0.183. The number of benzene rings is 1. The SMILES string of the molecule is CC(=O)Nc1ncc(C=C2SC(=NCc3cccc(Cl)c3)NC2=O)s1. The summed E-state index contributed by atoms with van der Waals surface area (Å²) in [6.45, 7) is 1.85. The van der Waals surface area contributed by atoms with Crippen LogP contribution in [0.2, 0.25) is 5.02 Å². The van der Waals surface area contributed by atoms with Crippen LogP contribution in [0.15, 0.2) is 40.4 Å². The molecule has 128 valence electrons. The smallest absolute Gasteiger partial charge is 0.264 e. The first kappa shape index (κ1) is 17.7. The zero-order chi connectivity index (χ0) is 17.8. The molecule has 2 heterocycles. The number of nitrogens with zero attached hydrogens (tertiary/aromatic N) is 2. The Balaban J connectivity index is 1.68. The number of hydrogen-bond donors (Lipinski definition) is 2. The summed E-state index contributed by atoms with van der Waals surface area (Å²) in [6, 6.07) is 7.43. The number of thiazole rings is 1. The third-order valence-electron chi connectivity index (χ3n) is 3.03. The molecule has 9 heteroatoms. The molecule has 1 aliphatic rings. The molecule has 0 saturated carbocycles. The van der Waals surface area contributed by atoms with Crippen LogP contribution in [-0.4, -0.2) is 22.0 Å². The fraction of sp³-hybridized carbons (Fsp3) is 0.125. The van der Waals surface area contributed by atoms with Gasteiger partial charge in [0, 0.05) is 18.1 Å². The second kappa shape index (κ2) is 7.81. The maximum atomic E-state index is 12.1. The Morgan fingerprint density at radius 1 is 1.48 bits per heavy atom. The molecule has 2 aromatic rings. The highest BCUT2D eigenvalue weighted by molar-refractivity contribution is 8.18. The van der Waals surface area contributed by atoms with Crippen molar-refractivity contribution in [3.8, 4) is 0 Å². The Kier molecular flexibility index (Phi) is 5.52. The maximum absolute atomic E-state index is 12.1. The molecule has 3 rings (SSSR count). The summed E-state index contributed by atoms with van der Waals surface area (Å²) in [5.74, 6) is -0.388. The van der Waals surface area contributed by atoms with Crippen LogP contribution in [0.4, 0.5) is 5.13 Å². The highest BCUT2D eigenvalue weighted by Crippen LogP contribution is 2.29. The average Bonchev–Trinajstić information content (AvgIpc) is 3.12. The molecule has 1 aromatic heterocycles. The van der Waals surface area contributed by atoms with Crippen molar-refractivity contribution < 1.29 is 9.59 Å². The van der Waals surface area contributed by atoms with Gasteiger partial charge >= 0.3 is 0 Å². The van der Waals surface area contributed by atoms with Gasteiger partial charge in [0.05, 0.1) is 16.3 Å². The van der Waals surface area contributed by atoms with Crippen molar-refractivity contribution in [1.29, 1.82) is 0 Å². The maximum Gasteiger partial charge on any atom is 0.264 e. The summed E-state index contributed by atoms with van der Waals surface area (Å²) < 4.78 is 0. The van der Waals surface area contributed by atoms with E-state index in [1.165, 1.54) is 30.0 Å². The van der Waals surface area contributed by atoms with Gasteiger partial charge in [-0.1, -0.05) is 35.1 Å². The molecule has 1 fully saturated rings. The largest absolute Gasteiger partial charge is 0.302 e. The molecule has 0 aliphatic carbocycles. The summed E-state index contributed by atoms with van der Waals surface area (Å²) in [5, 5.41) is 7.04. The van der Waals surface area contributed by atoms with Gasteiger partial charge in [0.2, 0.25) is 5.91 Å². The normalized spacial score (nSPS) is 17.1. The Morgan fingerprint density at radius 2 is 2.32 bits per heavy atom. The second-order valence-corrected chi connectivity index (χ2v) is 7.59. The lowest BCUT2D eigenvalue weighted by molar-refractivity contribution is -0.115. The number of carbonyl (C=O) groups is 2. The number of thioether (sulfide) groups is 1. The summed E-state index contributed by atoms with van der Waals surface area (Å²) >= 11 is 8.51. The van der Waals surface area contributed by atoms with E-state index in [1.807, 2.05) is 18.2 Å². The summed E-state index contributed by atoms with van der Waals surface area (Å²) in [7, 11) is 0. The van der Waals surface area contributed by atoms with Gasteiger partial charge in [-0.05, 0) is 35.5 Å². The van der Waals surface area contributed by atoms with Gasteiger partial charge in [0.25, 0.3) is 5.91 Å². The summed E-state index contributed by atoms with van der Waals surface area (Å²) in [5.41, 5.74) is 0.967. The van der Waals surface area contributed by atoms with Crippen LogP contribution in [0.5, 0.6) is 0 Å². The number of aliphatic imine (C=N–C) groups is 1. The van der Waals surface area contributed by atoms with Crippen LogP contribution < -0.4 is 10.6 Å². The number of amides is 2. The van der Waals surface area contributed by atoms with Gasteiger partial charge in [0.15, 0.2) is 10.3 Å². The topological polar surface area (TPSA) is 83.4 Å². The molecule has 0 bridgehead atoms. The van der Waals surface area contributed by atoms with Gasteiger partial charge in [-0.25, -0.2) is 4.98 Å². The van der Waals surface area contributed by atoms with E-state index in [0.29, 0.717) is 26.8 Å². The molecule has 1 saturated heterocycles. The van der Waals surface area contributed by atoms with E-state index in [-0.39, 0.29) is 11.8 Å². The minimum atomic E-state index is -0.204. The lowest BCUT2D eigenvalue weighted by atomic mass is 10.2. The van der Waals surface area contributed by atoms with E-state index in [0.717, 1.165) is 10.4 Å². The van der Waals surface area contributed by atoms with Crippen LogP contribution in [0.3, 0.4) is 0 Å². The number of nitrogens with one attached hydrogen (secondary N) is 2. The lowest BCUT2D eigenvalue weighted by Gasteiger charge is -1.98. The predicted octanol–water partition coefficient (Wildman–Crippen LogP) is 3.52. The fourth-order valence-electron chi connectivity index (χ4n) is 1.99. The van der Waals surface area contributed by atoms with Crippen molar-refractivity contribution in [1.82, 2.24) is 10.3 Å². The Morgan fingerprint density at radius 3 is 3.08 bits per heavy atom. The zero-order valence-electron chi connectivity index (χ0n) is 13.1. The number of aromatic nitrogens is 1. The summed E-state index contributed by atoms with van der Waals surface area (Å²) in [4.78, 5) is 32.9. The van der Waals surface area contributed by atoms with Gasteiger partial charge in [0.1, 0.15) is 0 Å². The third-order valence-corrected chi connectivity index (χ3v) is 5.07. The van der Waals surface area contributed by atoms with E-state index in [2.05, 4.69) is 20.6 Å². The van der Waals surface area contributed by atoms with Crippen molar-refractivity contribution in [2.24, 2.45) is 4.99 Å². The third kappa shape index (κ3) is 4.91. The van der Waals surface area contributed by atoms with E-state index < -0.39 is 0 Å². The van der Waals surface area contributed by atoms with Crippen LogP contribution in [0, 0.1) is 0 Å². The van der Waals surface area contributed by atoms with Gasteiger partial charge < -0.3 is 10.6 Å². The molecule has 25 heavy (non-hydrogen) atoms. The van der Waals surface area contributed by atoms with Crippen LogP contribution in [0.1, 0.15) is 17.4 Å². The molecular weight excluding hydrogens is 380 g/mol. The van der Waals surface area contributed by atoms with Crippen LogP contribution in [-0.2, 0) is 16.1 Å². The molecule has 2 amide bonds. The van der Waals surface area contributed by atoms with Crippen molar-refractivity contribution in [2.45, 2.75) is 13.5 Å². The number of amidine groups is 1. The van der Waals surface area contributed by atoms with Crippen molar-refractivity contribution >= 4 is 62.9 Å². The average molecular weight is 393 g/mol. The number of carbonyl (C=O) groups excluding carboxylic acids is 2. The molecule has 2 N–H and O–H groups in total. The molecule has 0 atom stereocenters.